The summed E-state index contributed by atoms with van der Waals surface area (Å²) in [6, 6.07) is 14.0. The van der Waals surface area contributed by atoms with E-state index >= 15 is 0 Å². The van der Waals surface area contributed by atoms with Crippen LogP contribution in [0.15, 0.2) is 52.1 Å². The molecule has 2 aromatic rings. The van der Waals surface area contributed by atoms with Crippen molar-refractivity contribution in [1.82, 2.24) is 0 Å². The number of rotatable bonds is 4. The first-order chi connectivity index (χ1) is 7.40. The highest BCUT2D eigenvalue weighted by Crippen LogP contribution is 2.37. The second-order valence-corrected chi connectivity index (χ2v) is 5.57. The number of hydrogen-bond acceptors (Lipinski definition) is 2. The van der Waals surface area contributed by atoms with Gasteiger partial charge < -0.3 is 0 Å². The molecule has 1 heterocycles. The molecule has 77 valence electrons. The van der Waals surface area contributed by atoms with E-state index in [1.807, 2.05) is 41.8 Å². The summed E-state index contributed by atoms with van der Waals surface area (Å²) in [7, 11) is 0. The number of thioether (sulfide) groups is 1. The highest BCUT2D eigenvalue weighted by atomic mass is 32.2. The van der Waals surface area contributed by atoms with Crippen molar-refractivity contribution in [2.75, 3.05) is 6.61 Å². The lowest BCUT2D eigenvalue weighted by Crippen LogP contribution is -1.97. The van der Waals surface area contributed by atoms with Gasteiger partial charge in [-0.3, -0.25) is 0 Å². The van der Waals surface area contributed by atoms with Crippen LogP contribution in [0.2, 0.25) is 0 Å². The zero-order valence-corrected chi connectivity index (χ0v) is 9.76. The van der Waals surface area contributed by atoms with Gasteiger partial charge in [-0.2, -0.15) is 0 Å². The molecule has 0 aliphatic carbocycles. The first-order valence-corrected chi connectivity index (χ1v) is 6.49. The minimum atomic E-state index is -0.0768. The van der Waals surface area contributed by atoms with Gasteiger partial charge in [0, 0.05) is 0 Å². The Hall–Kier alpha value is -0.770. The molecule has 3 heteroatoms. The summed E-state index contributed by atoms with van der Waals surface area (Å²) < 4.78 is 1.21. The molecular formula is C12H11OS2. The van der Waals surface area contributed by atoms with Crippen LogP contribution in [0.4, 0.5) is 0 Å². The molecule has 0 saturated heterocycles. The molecule has 0 spiro atoms. The molecule has 0 bridgehead atoms. The van der Waals surface area contributed by atoms with Crippen molar-refractivity contribution in [1.29, 1.82) is 0 Å². The summed E-state index contributed by atoms with van der Waals surface area (Å²) >= 11 is 3.34. The van der Waals surface area contributed by atoms with Gasteiger partial charge in [0.05, 0.1) is 16.1 Å². The average molecular weight is 235 g/mol. The largest absolute Gasteiger partial charge is 0.235 e. The molecule has 1 atom stereocenters. The Morgan fingerprint density at radius 2 is 1.93 bits per heavy atom. The highest BCUT2D eigenvalue weighted by Gasteiger charge is 2.12. The lowest BCUT2D eigenvalue weighted by atomic mass is 10.2. The normalized spacial score (nSPS) is 12.6. The van der Waals surface area contributed by atoms with E-state index in [9.17, 15) is 5.11 Å². The molecule has 1 unspecified atom stereocenters. The Morgan fingerprint density at radius 1 is 1.13 bits per heavy atom. The molecule has 1 radical (unpaired) electrons. The van der Waals surface area contributed by atoms with Gasteiger partial charge in [-0.1, -0.05) is 36.4 Å². The van der Waals surface area contributed by atoms with Crippen LogP contribution in [-0.2, 0) is 5.11 Å². The van der Waals surface area contributed by atoms with Crippen LogP contribution in [-0.4, -0.2) is 6.61 Å². The van der Waals surface area contributed by atoms with Gasteiger partial charge >= 0.3 is 0 Å². The van der Waals surface area contributed by atoms with E-state index in [2.05, 4.69) is 6.07 Å². The van der Waals surface area contributed by atoms with Crippen LogP contribution >= 0.6 is 23.1 Å². The fourth-order valence-corrected chi connectivity index (χ4v) is 3.32. The lowest BCUT2D eigenvalue weighted by molar-refractivity contribution is 0.194. The molecule has 1 nitrogen and oxygen atoms in total. The van der Waals surface area contributed by atoms with Crippen LogP contribution < -0.4 is 0 Å². The van der Waals surface area contributed by atoms with Crippen LogP contribution in [0, 0.1) is 0 Å². The molecular weight excluding hydrogens is 224 g/mol. The second-order valence-electron chi connectivity index (χ2n) is 3.12. The zero-order chi connectivity index (χ0) is 10.5. The molecule has 0 saturated carbocycles. The Balaban J connectivity index is 2.12. The predicted octanol–water partition coefficient (Wildman–Crippen LogP) is 4.01. The Morgan fingerprint density at radius 3 is 2.53 bits per heavy atom. The third-order valence-corrected chi connectivity index (χ3v) is 4.38. The van der Waals surface area contributed by atoms with Crippen molar-refractivity contribution >= 4 is 23.1 Å². The summed E-state index contributed by atoms with van der Waals surface area (Å²) in [5.41, 5.74) is 1.12. The van der Waals surface area contributed by atoms with Gasteiger partial charge in [-0.05, 0) is 17.0 Å². The third-order valence-electron chi connectivity index (χ3n) is 2.08. The Bertz CT molecular complexity index is 383. The Labute approximate surface area is 97.8 Å². The maximum absolute atomic E-state index is 11.1. The second kappa shape index (κ2) is 5.35. The van der Waals surface area contributed by atoms with Crippen LogP contribution in [0.5, 0.6) is 0 Å². The van der Waals surface area contributed by atoms with E-state index in [1.165, 1.54) is 4.21 Å². The minimum absolute atomic E-state index is 0.0323. The number of benzene rings is 1. The van der Waals surface area contributed by atoms with Gasteiger partial charge in [0.1, 0.15) is 0 Å². The summed E-state index contributed by atoms with van der Waals surface area (Å²) in [4.78, 5) is 0. The van der Waals surface area contributed by atoms with Crippen molar-refractivity contribution in [2.45, 2.75) is 9.46 Å². The first-order valence-electron chi connectivity index (χ1n) is 4.73. The van der Waals surface area contributed by atoms with Crippen LogP contribution in [0.3, 0.4) is 0 Å². The molecule has 1 aromatic heterocycles. The van der Waals surface area contributed by atoms with Gasteiger partial charge in [0.25, 0.3) is 0 Å². The fourth-order valence-electron chi connectivity index (χ4n) is 1.34. The smallest absolute Gasteiger partial charge is 0.0985 e. The molecule has 15 heavy (non-hydrogen) atoms. The summed E-state index contributed by atoms with van der Waals surface area (Å²) in [5.74, 6) is 0. The SMILES string of the molecule is [O]CC(Sc1cccs1)c1ccccc1. The van der Waals surface area contributed by atoms with Crippen LogP contribution in [0.25, 0.3) is 0 Å². The molecule has 1 aromatic carbocycles. The summed E-state index contributed by atoms with van der Waals surface area (Å²) in [6.45, 7) is -0.0768. The summed E-state index contributed by atoms with van der Waals surface area (Å²) in [6.07, 6.45) is 0. The topological polar surface area (TPSA) is 19.9 Å². The van der Waals surface area contributed by atoms with Gasteiger partial charge in [0.15, 0.2) is 0 Å². The van der Waals surface area contributed by atoms with Gasteiger partial charge in [0.2, 0.25) is 0 Å². The monoisotopic (exact) mass is 235 g/mol. The molecule has 0 aliphatic rings. The van der Waals surface area contributed by atoms with E-state index in [-0.39, 0.29) is 11.9 Å². The van der Waals surface area contributed by atoms with Crippen molar-refractivity contribution in [3.05, 3.63) is 53.4 Å². The number of thiophene rings is 1. The maximum atomic E-state index is 11.1. The van der Waals surface area contributed by atoms with Crippen LogP contribution in [0.1, 0.15) is 10.8 Å². The van der Waals surface area contributed by atoms with E-state index in [0.29, 0.717) is 0 Å². The quantitative estimate of drug-likeness (QED) is 0.733. The van der Waals surface area contributed by atoms with Crippen molar-refractivity contribution < 1.29 is 5.11 Å². The standard InChI is InChI=1S/C12H11OS2/c13-9-11(10-5-2-1-3-6-10)15-12-7-4-8-14-12/h1-8,11H,9H2. The van der Waals surface area contributed by atoms with Crippen molar-refractivity contribution in [3.8, 4) is 0 Å². The highest BCUT2D eigenvalue weighted by molar-refractivity contribution is 8.01. The average Bonchev–Trinajstić information content (AvgIpc) is 2.80. The Kier molecular flexibility index (Phi) is 3.83. The molecule has 2 rings (SSSR count). The molecule has 0 aliphatic heterocycles. The van der Waals surface area contributed by atoms with Gasteiger partial charge in [-0.25, -0.2) is 5.11 Å². The predicted molar refractivity (Wildman–Crippen MR) is 64.9 cm³/mol. The van der Waals surface area contributed by atoms with E-state index in [4.69, 9.17) is 0 Å². The van der Waals surface area contributed by atoms with Crippen molar-refractivity contribution in [3.63, 3.8) is 0 Å². The summed E-state index contributed by atoms with van der Waals surface area (Å²) in [5, 5.41) is 13.2. The van der Waals surface area contributed by atoms with Gasteiger partial charge in [-0.15, -0.1) is 23.1 Å². The lowest BCUT2D eigenvalue weighted by Gasteiger charge is -2.11. The van der Waals surface area contributed by atoms with E-state index in [0.717, 1.165) is 5.56 Å². The van der Waals surface area contributed by atoms with Crippen molar-refractivity contribution in [2.24, 2.45) is 0 Å². The fraction of sp³-hybridized carbons (Fsp3) is 0.167. The van der Waals surface area contributed by atoms with E-state index in [1.54, 1.807) is 23.1 Å². The molecule has 0 amide bonds. The minimum Gasteiger partial charge on any atom is -0.235 e. The van der Waals surface area contributed by atoms with E-state index < -0.39 is 0 Å². The number of hydrogen-bond donors (Lipinski definition) is 0. The molecule has 0 fully saturated rings. The molecule has 0 N–H and O–H groups in total. The maximum Gasteiger partial charge on any atom is 0.0985 e. The zero-order valence-electron chi connectivity index (χ0n) is 8.13. The third kappa shape index (κ3) is 2.84. The first kappa shape index (κ1) is 10.7.